The van der Waals surface area contributed by atoms with Crippen molar-refractivity contribution >= 4 is 51.3 Å². The Hall–Kier alpha value is -3.65. The fourth-order valence-electron chi connectivity index (χ4n) is 3.13. The van der Waals surface area contributed by atoms with Crippen LogP contribution in [0.2, 0.25) is 0 Å². The van der Waals surface area contributed by atoms with Crippen molar-refractivity contribution in [3.8, 4) is 11.5 Å². The first-order valence-electron chi connectivity index (χ1n) is 9.77. The quantitative estimate of drug-likeness (QED) is 0.232. The van der Waals surface area contributed by atoms with Crippen molar-refractivity contribution in [1.82, 2.24) is 5.32 Å². The molecule has 4 aromatic rings. The van der Waals surface area contributed by atoms with Crippen molar-refractivity contribution in [2.24, 2.45) is 0 Å². The highest BCUT2D eigenvalue weighted by Crippen LogP contribution is 2.26. The molecule has 0 spiro atoms. The van der Waals surface area contributed by atoms with Crippen molar-refractivity contribution < 1.29 is 19.4 Å². The second-order valence-corrected chi connectivity index (χ2v) is 8.14. The van der Waals surface area contributed by atoms with Gasteiger partial charge in [-0.3, -0.25) is 4.79 Å². The number of hydrogen-bond donors (Lipinski definition) is 2. The van der Waals surface area contributed by atoms with Crippen LogP contribution in [0, 0.1) is 3.57 Å². The molecule has 0 aliphatic heterocycles. The van der Waals surface area contributed by atoms with Crippen LogP contribution in [0.4, 0.5) is 0 Å². The van der Waals surface area contributed by atoms with Crippen LogP contribution in [-0.2, 0) is 4.79 Å². The third-order valence-electron chi connectivity index (χ3n) is 4.75. The molecule has 0 saturated heterocycles. The van der Waals surface area contributed by atoms with Crippen LogP contribution < -0.4 is 10.1 Å². The number of carbonyl (C=O) groups is 2. The minimum atomic E-state index is -1.22. The van der Waals surface area contributed by atoms with E-state index in [9.17, 15) is 14.7 Å². The number of carbonyl (C=O) groups excluding carboxylic acids is 1. The second-order valence-electron chi connectivity index (χ2n) is 6.98. The van der Waals surface area contributed by atoms with Crippen LogP contribution in [0.1, 0.15) is 15.9 Å². The van der Waals surface area contributed by atoms with Crippen LogP contribution in [0.5, 0.6) is 11.5 Å². The van der Waals surface area contributed by atoms with Gasteiger partial charge in [-0.15, -0.1) is 0 Å². The monoisotopic (exact) mass is 535 g/mol. The fraction of sp³-hybridized carbons (Fsp3) is 0. The Morgan fingerprint density at radius 1 is 0.844 bits per heavy atom. The molecule has 4 rings (SSSR count). The van der Waals surface area contributed by atoms with E-state index in [-0.39, 0.29) is 5.70 Å². The van der Waals surface area contributed by atoms with E-state index in [0.29, 0.717) is 16.9 Å². The highest BCUT2D eigenvalue weighted by Gasteiger charge is 2.14. The van der Waals surface area contributed by atoms with E-state index < -0.39 is 11.9 Å². The van der Waals surface area contributed by atoms with Gasteiger partial charge in [-0.2, -0.15) is 0 Å². The second kappa shape index (κ2) is 9.65. The summed E-state index contributed by atoms with van der Waals surface area (Å²) in [6.07, 6.45) is 1.41. The first-order valence-corrected chi connectivity index (χ1v) is 10.8. The zero-order valence-electron chi connectivity index (χ0n) is 16.8. The SMILES string of the molecule is O=C(O)/C(=C/c1ccc(Oc2ccccc2I)cc1)NC(=O)c1ccc2ccccc2c1. The van der Waals surface area contributed by atoms with Gasteiger partial charge >= 0.3 is 5.97 Å². The Balaban J connectivity index is 1.51. The van der Waals surface area contributed by atoms with Crippen LogP contribution in [0.3, 0.4) is 0 Å². The molecule has 1 amide bonds. The predicted octanol–water partition coefficient (Wildman–Crippen LogP) is 6.09. The summed E-state index contributed by atoms with van der Waals surface area (Å²) < 4.78 is 6.84. The minimum absolute atomic E-state index is 0.213. The van der Waals surface area contributed by atoms with Crippen LogP contribution in [0.15, 0.2) is 96.7 Å². The molecule has 0 saturated carbocycles. The van der Waals surface area contributed by atoms with Gasteiger partial charge in [-0.05, 0) is 81.4 Å². The maximum Gasteiger partial charge on any atom is 0.352 e. The maximum atomic E-state index is 12.6. The molecule has 0 atom stereocenters. The molecular formula is C26H18INO4. The molecule has 158 valence electrons. The van der Waals surface area contributed by atoms with Crippen molar-refractivity contribution in [1.29, 1.82) is 0 Å². The number of hydrogen-bond acceptors (Lipinski definition) is 3. The van der Waals surface area contributed by atoms with Gasteiger partial charge in [-0.25, -0.2) is 4.79 Å². The van der Waals surface area contributed by atoms with Gasteiger partial charge in [0.2, 0.25) is 0 Å². The number of benzene rings is 4. The van der Waals surface area contributed by atoms with Crippen molar-refractivity contribution in [3.63, 3.8) is 0 Å². The molecule has 0 aliphatic carbocycles. The highest BCUT2D eigenvalue weighted by molar-refractivity contribution is 14.1. The van der Waals surface area contributed by atoms with Gasteiger partial charge in [0.05, 0.1) is 3.57 Å². The molecule has 6 heteroatoms. The van der Waals surface area contributed by atoms with E-state index in [2.05, 4.69) is 27.9 Å². The molecule has 32 heavy (non-hydrogen) atoms. The normalized spacial score (nSPS) is 11.2. The maximum absolute atomic E-state index is 12.6. The molecule has 0 aliphatic rings. The Labute approximate surface area is 198 Å². The van der Waals surface area contributed by atoms with Crippen molar-refractivity contribution in [3.05, 3.63) is 111 Å². The molecule has 0 radical (unpaired) electrons. The first-order chi connectivity index (χ1) is 15.5. The van der Waals surface area contributed by atoms with E-state index in [0.717, 1.165) is 20.1 Å². The molecule has 0 aromatic heterocycles. The lowest BCUT2D eigenvalue weighted by Gasteiger charge is -2.09. The Kier molecular flexibility index (Phi) is 6.51. The van der Waals surface area contributed by atoms with Gasteiger partial charge in [0, 0.05) is 5.56 Å². The molecule has 4 aromatic carbocycles. The molecule has 2 N–H and O–H groups in total. The standard InChI is InChI=1S/C26H18INO4/c27-22-7-3-4-8-24(22)32-21-13-9-17(10-14-21)15-23(26(30)31)28-25(29)20-12-11-18-5-1-2-6-19(18)16-20/h1-16H,(H,28,29)(H,30,31)/b23-15-. The summed E-state index contributed by atoms with van der Waals surface area (Å²) in [5, 5.41) is 14.0. The van der Waals surface area contributed by atoms with Crippen molar-refractivity contribution in [2.75, 3.05) is 0 Å². The summed E-state index contributed by atoms with van der Waals surface area (Å²) in [5.74, 6) is -0.338. The summed E-state index contributed by atoms with van der Waals surface area (Å²) in [7, 11) is 0. The summed E-state index contributed by atoms with van der Waals surface area (Å²) in [4.78, 5) is 24.4. The van der Waals surface area contributed by atoms with Gasteiger partial charge in [0.25, 0.3) is 5.91 Å². The zero-order chi connectivity index (χ0) is 22.5. The molecule has 5 nitrogen and oxygen atoms in total. The third-order valence-corrected chi connectivity index (χ3v) is 5.64. The summed E-state index contributed by atoms with van der Waals surface area (Å²) >= 11 is 2.20. The lowest BCUT2D eigenvalue weighted by molar-refractivity contribution is -0.132. The summed E-state index contributed by atoms with van der Waals surface area (Å²) in [6, 6.07) is 27.5. The molecular weight excluding hydrogens is 517 g/mol. The van der Waals surface area contributed by atoms with E-state index in [1.807, 2.05) is 54.6 Å². The number of aliphatic carboxylic acids is 1. The average Bonchev–Trinajstić information content (AvgIpc) is 2.81. The molecule has 0 bridgehead atoms. The fourth-order valence-corrected chi connectivity index (χ4v) is 3.63. The third kappa shape index (κ3) is 5.15. The number of nitrogens with one attached hydrogen (secondary N) is 1. The zero-order valence-corrected chi connectivity index (χ0v) is 18.9. The Morgan fingerprint density at radius 3 is 2.25 bits per heavy atom. The van der Waals surface area contributed by atoms with Gasteiger partial charge < -0.3 is 15.2 Å². The number of fused-ring (bicyclic) bond motifs is 1. The Morgan fingerprint density at radius 2 is 1.53 bits per heavy atom. The van der Waals surface area contributed by atoms with Crippen LogP contribution >= 0.6 is 22.6 Å². The van der Waals surface area contributed by atoms with E-state index in [1.165, 1.54) is 6.08 Å². The largest absolute Gasteiger partial charge is 0.477 e. The van der Waals surface area contributed by atoms with Gasteiger partial charge in [0.1, 0.15) is 17.2 Å². The van der Waals surface area contributed by atoms with Crippen LogP contribution in [-0.4, -0.2) is 17.0 Å². The topological polar surface area (TPSA) is 75.6 Å². The first kappa shape index (κ1) is 21.6. The number of ether oxygens (including phenoxy) is 1. The number of carboxylic acids is 1. The number of carboxylic acid groups (broad SMARTS) is 1. The minimum Gasteiger partial charge on any atom is -0.477 e. The summed E-state index contributed by atoms with van der Waals surface area (Å²) in [5.41, 5.74) is 0.794. The lowest BCUT2D eigenvalue weighted by atomic mass is 10.1. The number of halogens is 1. The van der Waals surface area contributed by atoms with Gasteiger partial charge in [0.15, 0.2) is 0 Å². The summed E-state index contributed by atoms with van der Waals surface area (Å²) in [6.45, 7) is 0. The molecule has 0 heterocycles. The molecule has 0 fully saturated rings. The number of amides is 1. The predicted molar refractivity (Wildman–Crippen MR) is 133 cm³/mol. The van der Waals surface area contributed by atoms with Gasteiger partial charge in [-0.1, -0.05) is 54.6 Å². The molecule has 0 unspecified atom stereocenters. The number of para-hydroxylation sites is 1. The van der Waals surface area contributed by atoms with Crippen molar-refractivity contribution in [2.45, 2.75) is 0 Å². The Bertz CT molecular complexity index is 1330. The highest BCUT2D eigenvalue weighted by atomic mass is 127. The lowest BCUT2D eigenvalue weighted by Crippen LogP contribution is -2.27. The van der Waals surface area contributed by atoms with E-state index >= 15 is 0 Å². The average molecular weight is 535 g/mol. The van der Waals surface area contributed by atoms with E-state index in [1.54, 1.807) is 36.4 Å². The number of rotatable bonds is 6. The smallest absolute Gasteiger partial charge is 0.352 e. The van der Waals surface area contributed by atoms with E-state index in [4.69, 9.17) is 4.74 Å². The van der Waals surface area contributed by atoms with Crippen LogP contribution in [0.25, 0.3) is 16.8 Å².